The molecule has 5 saturated heterocycles. The largest absolute Gasteiger partial charge is 0.505 e. The minimum atomic E-state index is -0.208. The van der Waals surface area contributed by atoms with Gasteiger partial charge in [0.2, 0.25) is 11.9 Å². The maximum Gasteiger partial charge on any atom is 0.253 e. The first-order valence-corrected chi connectivity index (χ1v) is 48.5. The highest BCUT2D eigenvalue weighted by atomic mass is 16.7. The van der Waals surface area contributed by atoms with E-state index in [1.54, 1.807) is 0 Å². The SMILES string of the molecule is C=C.CC(C)(C)c1cc(CCCO)cc(-n2nc3ccccc3n2)c1O.CC1(C)CC(O)CC(C)(C)N1.CCCCCCCCON1C(C)(C)CC(NCCO)CC1(C)C.CCCCN(c1nc(NO)nc(N(CCCC)C2CC(C)(C)N(OC3CCCCC3)C(C)(C)C2)n1)C1CC(C)(C)N(OC2CCCCC2)C(C)(C)C1.CN1C(C)(C)CC(O)CC1(C)C. The lowest BCUT2D eigenvalue weighted by atomic mass is 9.78. The fourth-order valence-corrected chi connectivity index (χ4v) is 21.7. The Hall–Kier alpha value is -4.77. The number of fused-ring (bicyclic) bond motifs is 1. The van der Waals surface area contributed by atoms with Crippen molar-refractivity contribution in [2.75, 3.05) is 61.8 Å². The summed E-state index contributed by atoms with van der Waals surface area (Å²) in [5.41, 5.74) is 5.91. The van der Waals surface area contributed by atoms with E-state index in [0.29, 0.717) is 48.8 Å². The molecule has 712 valence electrons. The van der Waals surface area contributed by atoms with E-state index in [2.05, 4.69) is 256 Å². The zero-order valence-corrected chi connectivity index (χ0v) is 83.6. The summed E-state index contributed by atoms with van der Waals surface area (Å²) in [6.45, 7) is 67.5. The van der Waals surface area contributed by atoms with E-state index in [9.17, 15) is 20.5 Å². The smallest absolute Gasteiger partial charge is 0.253 e. The van der Waals surface area contributed by atoms with E-state index in [1.165, 1.54) is 75.4 Å². The summed E-state index contributed by atoms with van der Waals surface area (Å²) >= 11 is 0. The Bertz CT molecular complexity index is 3540. The van der Waals surface area contributed by atoms with E-state index >= 15 is 0 Å². The van der Waals surface area contributed by atoms with Crippen LogP contribution >= 0.6 is 0 Å². The number of benzene rings is 2. The number of phenolic OH excluding ortho intramolecular Hbond substituents is 1. The van der Waals surface area contributed by atoms with Gasteiger partial charge in [-0.15, -0.1) is 28.2 Å². The highest BCUT2D eigenvalue weighted by Gasteiger charge is 2.53. The molecule has 0 bridgehead atoms. The number of hydroxylamine groups is 6. The van der Waals surface area contributed by atoms with Crippen LogP contribution in [0.1, 0.15) is 390 Å². The summed E-state index contributed by atoms with van der Waals surface area (Å²) in [4.78, 5) is 43.8. The first-order chi connectivity index (χ1) is 57.9. The van der Waals surface area contributed by atoms with Crippen molar-refractivity contribution in [2.45, 2.75) is 489 Å². The van der Waals surface area contributed by atoms with E-state index < -0.39 is 0 Å². The van der Waals surface area contributed by atoms with Crippen LogP contribution in [0.2, 0.25) is 0 Å². The number of piperidine rings is 5. The van der Waals surface area contributed by atoms with Crippen LogP contribution in [-0.2, 0) is 26.3 Å². The predicted octanol–water partition coefficient (Wildman–Crippen LogP) is 20.4. The maximum absolute atomic E-state index is 10.8. The molecule has 2 aromatic carbocycles. The lowest BCUT2D eigenvalue weighted by Gasteiger charge is -2.57. The number of aromatic nitrogens is 6. The number of aromatic hydroxyl groups is 1. The first kappa shape index (κ1) is 108. The Labute approximate surface area is 753 Å². The predicted molar refractivity (Wildman–Crippen MR) is 513 cm³/mol. The number of likely N-dealkylation sites (tertiary alicyclic amines) is 1. The molecule has 24 nitrogen and oxygen atoms in total. The minimum Gasteiger partial charge on any atom is -0.505 e. The molecule has 0 spiro atoms. The van der Waals surface area contributed by atoms with Crippen LogP contribution in [0.3, 0.4) is 0 Å². The zero-order chi connectivity index (χ0) is 92.7. The van der Waals surface area contributed by atoms with Gasteiger partial charge in [-0.25, -0.2) is 5.48 Å². The van der Waals surface area contributed by atoms with Crippen LogP contribution in [0.5, 0.6) is 5.75 Å². The van der Waals surface area contributed by atoms with Crippen molar-refractivity contribution in [3.8, 4) is 11.4 Å². The fourth-order valence-electron chi connectivity index (χ4n) is 21.7. The molecule has 2 aliphatic carbocycles. The molecule has 2 saturated carbocycles. The molecular formula is C100H183N15O9. The Balaban J connectivity index is 0.000000272. The average Bonchev–Trinajstić information content (AvgIpc) is 0.887. The highest BCUT2D eigenvalue weighted by molar-refractivity contribution is 5.74. The molecule has 0 unspecified atom stereocenters. The third kappa shape index (κ3) is 31.8. The molecule has 7 heterocycles. The third-order valence-corrected chi connectivity index (χ3v) is 26.8. The van der Waals surface area contributed by atoms with Gasteiger partial charge in [0.1, 0.15) is 22.5 Å². The molecule has 2 aromatic heterocycles. The number of aryl methyl sites for hydroxylation is 1. The van der Waals surface area contributed by atoms with Gasteiger partial charge in [0.05, 0.1) is 37.6 Å². The number of anilines is 3. The second-order valence-electron chi connectivity index (χ2n) is 44.7. The van der Waals surface area contributed by atoms with Crippen molar-refractivity contribution < 1.29 is 45.3 Å². The number of nitrogens with one attached hydrogen (secondary N) is 3. The molecule has 0 radical (unpaired) electrons. The summed E-state index contributed by atoms with van der Waals surface area (Å²) in [5.74, 6) is 1.70. The van der Waals surface area contributed by atoms with Gasteiger partial charge in [-0.1, -0.05) is 143 Å². The number of aliphatic hydroxyl groups excluding tert-OH is 4. The highest BCUT2D eigenvalue weighted by Crippen LogP contribution is 2.47. The lowest BCUT2D eigenvalue weighted by molar-refractivity contribution is -0.310. The summed E-state index contributed by atoms with van der Waals surface area (Å²) in [6.07, 6.45) is 35.3. The van der Waals surface area contributed by atoms with Gasteiger partial charge in [0, 0.05) is 105 Å². The monoisotopic (exact) mass is 1740 g/mol. The number of aliphatic hydroxyl groups is 4. The van der Waals surface area contributed by atoms with Gasteiger partial charge in [0.25, 0.3) is 5.95 Å². The zero-order valence-electron chi connectivity index (χ0n) is 83.6. The van der Waals surface area contributed by atoms with Crippen molar-refractivity contribution >= 4 is 28.9 Å². The second kappa shape index (κ2) is 47.4. The quantitative estimate of drug-likeness (QED) is 0.0133. The average molecular weight is 1740 g/mol. The number of unbranched alkanes of at least 4 members (excludes halogenated alkanes) is 7. The van der Waals surface area contributed by atoms with Gasteiger partial charge in [-0.2, -0.15) is 30.1 Å². The third-order valence-electron chi connectivity index (χ3n) is 26.8. The lowest BCUT2D eigenvalue weighted by Crippen LogP contribution is -2.65. The van der Waals surface area contributed by atoms with Crippen molar-refractivity contribution in [3.63, 3.8) is 0 Å². The summed E-state index contributed by atoms with van der Waals surface area (Å²) in [5, 5.41) is 81.4. The standard InChI is InChI=1S/C41H76N8O3.C19H23N3O2.C19H40N2O2.C10H21NO.C9H19NO.C2H4/c1-11-13-25-46(31-27-38(3,4)48(39(5,6)28-31)51-33-21-17-15-18-22-33)36-42-35(45-50)43-37(44-36)47(26-14-12-2)32-29-40(7,8)49(41(9,10)30-32)52-34-23-19-16-20-24-34;1-19(2,3)14-11-13(7-6-10-23)12-17(18(14)24)22-20-15-8-4-5-9-16(15)21-22;1-6-7-8-9-10-11-14-23-21-18(2,3)15-17(20-12-13-22)16-19(21,4)5;1-9(2)6-8(12)7-10(3,4)11(9)5;1-8(2)5-7(11)6-9(3,4)10-8;1-2/h31-34,50H,11-30H2,1-10H3,(H,42,43,44,45);4-5,8-9,11-12,23-24H,6-7,10H2,1-3H3;17,20,22H,6-16H2,1-5H3;8,12H,6-7H2,1-5H3;7,10-11H,5-6H2,1-4H3;1-2H2. The van der Waals surface area contributed by atoms with Crippen molar-refractivity contribution in [2.24, 2.45) is 0 Å². The number of hydrogen-bond acceptors (Lipinski definition) is 23. The Morgan fingerprint density at radius 2 is 0.919 bits per heavy atom. The molecule has 24 heteroatoms. The molecule has 0 amide bonds. The molecule has 7 fully saturated rings. The Morgan fingerprint density at radius 1 is 0.508 bits per heavy atom. The Kier molecular flexibility index (Phi) is 41.2. The van der Waals surface area contributed by atoms with Crippen LogP contribution in [0.4, 0.5) is 17.8 Å². The van der Waals surface area contributed by atoms with E-state index in [1.807, 2.05) is 36.4 Å². The van der Waals surface area contributed by atoms with E-state index in [-0.39, 0.29) is 110 Å². The molecular weight excluding hydrogens is 1560 g/mol. The van der Waals surface area contributed by atoms with Gasteiger partial charge >= 0.3 is 0 Å². The fraction of sp³-hybridized carbons (Fsp3) is 0.830. The van der Waals surface area contributed by atoms with Crippen molar-refractivity contribution in [1.29, 1.82) is 0 Å². The number of rotatable bonds is 30. The van der Waals surface area contributed by atoms with Crippen LogP contribution in [0.25, 0.3) is 16.7 Å². The molecule has 4 aromatic rings. The molecule has 7 aliphatic rings. The van der Waals surface area contributed by atoms with Crippen LogP contribution < -0.4 is 25.9 Å². The van der Waals surface area contributed by atoms with Gasteiger partial charge in [-0.05, 0) is 297 Å². The molecule has 0 atom stereocenters. The Morgan fingerprint density at radius 3 is 1.31 bits per heavy atom. The van der Waals surface area contributed by atoms with Crippen LogP contribution in [0, 0.1) is 0 Å². The summed E-state index contributed by atoms with van der Waals surface area (Å²) in [7, 11) is 2.14. The molecule has 124 heavy (non-hydrogen) atoms. The number of phenols is 1. The molecule has 5 aliphatic heterocycles. The number of nitrogens with zero attached hydrogens (tertiary/aromatic N) is 12. The molecule has 11 rings (SSSR count). The van der Waals surface area contributed by atoms with E-state index in [4.69, 9.17) is 39.7 Å². The summed E-state index contributed by atoms with van der Waals surface area (Å²) < 4.78 is 0. The maximum atomic E-state index is 10.8. The first-order valence-electron chi connectivity index (χ1n) is 48.5. The van der Waals surface area contributed by atoms with E-state index in [0.717, 1.165) is 170 Å². The second-order valence-corrected chi connectivity index (χ2v) is 44.7. The van der Waals surface area contributed by atoms with Crippen LogP contribution in [-0.4, -0.2) is 225 Å². The van der Waals surface area contributed by atoms with Gasteiger partial charge < -0.3 is 46.0 Å². The molecule has 9 N–H and O–H groups in total. The normalized spacial score (nSPS) is 22.5. The topological polar surface area (TPSA) is 274 Å². The minimum absolute atomic E-state index is 0.0110. The summed E-state index contributed by atoms with van der Waals surface area (Å²) in [6, 6.07) is 12.4. The number of hydrogen-bond donors (Lipinski definition) is 9. The van der Waals surface area contributed by atoms with Crippen LogP contribution in [0.15, 0.2) is 49.6 Å². The van der Waals surface area contributed by atoms with Crippen molar-refractivity contribution in [3.05, 3.63) is 60.7 Å². The van der Waals surface area contributed by atoms with Gasteiger partial charge in [-0.3, -0.25) is 24.6 Å². The van der Waals surface area contributed by atoms with Gasteiger partial charge in [0.15, 0.2) is 0 Å². The van der Waals surface area contributed by atoms with Crippen molar-refractivity contribution in [1.82, 2.24) is 60.7 Å².